The van der Waals surface area contributed by atoms with Gasteiger partial charge in [-0.15, -0.1) is 0 Å². The molecule has 0 bridgehead atoms. The fraction of sp³-hybridized carbons (Fsp3) is 0. The highest BCUT2D eigenvalue weighted by atomic mass is 14.3. The van der Waals surface area contributed by atoms with Crippen molar-refractivity contribution < 1.29 is 0 Å². The standard InChI is InChI=1S/C102H66/c1-11-39-67(40-12-1)85-86(68-41-13-2-14-42-68)90(72-49-21-6-22-50-72)96-78-60-32-36-64-82(78)100-94(76-57-29-10-30-58-76)102-84-66-38-34-62-80(84)98-92(74-53-25-8-26-54-74)88(70-45-17-4-18-46-70)87(69-43-15-3-16-44-69)91(73-51-23-7-24-52-73)97(98)79-61-33-37-65-83(79)101(102)93(75-55-27-9-28-56-75)99(100)81-63-35-31-59-77(81)95(96)89(85)71-47-19-5-20-48-71/h1-66H. The Labute approximate surface area is 593 Å². The van der Waals surface area contributed by atoms with Crippen molar-refractivity contribution in [3.05, 3.63) is 400 Å². The monoisotopic (exact) mass is 1290 g/mol. The highest BCUT2D eigenvalue weighted by Gasteiger charge is 2.32. The van der Waals surface area contributed by atoms with Crippen LogP contribution in [0.3, 0.4) is 0 Å². The second-order valence-corrected chi connectivity index (χ2v) is 26.6. The van der Waals surface area contributed by atoms with Gasteiger partial charge in [0.05, 0.1) is 0 Å². The topological polar surface area (TPSA) is 0 Å². The van der Waals surface area contributed by atoms with E-state index in [-0.39, 0.29) is 0 Å². The van der Waals surface area contributed by atoms with Crippen molar-refractivity contribution in [1.82, 2.24) is 0 Å². The van der Waals surface area contributed by atoms with Crippen LogP contribution in [0.25, 0.3) is 197 Å². The van der Waals surface area contributed by atoms with E-state index in [4.69, 9.17) is 0 Å². The van der Waals surface area contributed by atoms with Crippen LogP contribution >= 0.6 is 0 Å². The van der Waals surface area contributed by atoms with Crippen LogP contribution in [0.5, 0.6) is 0 Å². The average molecular weight is 1290 g/mol. The van der Waals surface area contributed by atoms with Crippen LogP contribution in [0.4, 0.5) is 0 Å². The Morgan fingerprint density at radius 1 is 0.0784 bits per heavy atom. The molecule has 0 heterocycles. The van der Waals surface area contributed by atoms with Crippen LogP contribution in [0, 0.1) is 0 Å². The molecule has 102 heavy (non-hydrogen) atoms. The molecule has 0 aliphatic rings. The normalized spacial score (nSPS) is 11.5. The quantitative estimate of drug-likeness (QED) is 0.128. The van der Waals surface area contributed by atoms with E-state index in [9.17, 15) is 0 Å². The minimum absolute atomic E-state index is 1.13. The molecule has 0 aromatic heterocycles. The summed E-state index contributed by atoms with van der Waals surface area (Å²) < 4.78 is 0. The lowest BCUT2D eigenvalue weighted by molar-refractivity contribution is 1.57. The summed E-state index contributed by atoms with van der Waals surface area (Å²) in [4.78, 5) is 0. The number of hydrogen-bond donors (Lipinski definition) is 0. The van der Waals surface area contributed by atoms with Crippen molar-refractivity contribution >= 4 is 86.2 Å². The summed E-state index contributed by atoms with van der Waals surface area (Å²) >= 11 is 0. The molecule has 0 aliphatic carbocycles. The number of benzene rings is 17. The van der Waals surface area contributed by atoms with Gasteiger partial charge in [-0.2, -0.15) is 0 Å². The van der Waals surface area contributed by atoms with Crippen LogP contribution in [0.1, 0.15) is 0 Å². The molecule has 474 valence electrons. The molecule has 0 unspecified atom stereocenters. The molecule has 0 atom stereocenters. The highest BCUT2D eigenvalue weighted by Crippen LogP contribution is 2.60. The maximum absolute atomic E-state index is 2.44. The zero-order chi connectivity index (χ0) is 67.5. The molecule has 0 fully saturated rings. The van der Waals surface area contributed by atoms with E-state index in [1.54, 1.807) is 0 Å². The Kier molecular flexibility index (Phi) is 15.0. The second kappa shape index (κ2) is 25.5. The second-order valence-electron chi connectivity index (χ2n) is 26.6. The van der Waals surface area contributed by atoms with Crippen molar-refractivity contribution in [1.29, 1.82) is 0 Å². The first kappa shape index (κ1) is 60.0. The number of hydrogen-bond acceptors (Lipinski definition) is 0. The third-order valence-electron chi connectivity index (χ3n) is 21.0. The summed E-state index contributed by atoms with van der Waals surface area (Å²) in [5, 5.41) is 18.6. The first-order valence-electron chi connectivity index (χ1n) is 35.4. The molecule has 0 N–H and O–H groups in total. The predicted molar refractivity (Wildman–Crippen MR) is 438 cm³/mol. The van der Waals surface area contributed by atoms with E-state index in [2.05, 4.69) is 400 Å². The Balaban J connectivity index is 1.20. The zero-order valence-corrected chi connectivity index (χ0v) is 56.1. The van der Waals surface area contributed by atoms with Gasteiger partial charge in [0.1, 0.15) is 0 Å². The summed E-state index contributed by atoms with van der Waals surface area (Å²) in [6.07, 6.45) is 0. The Morgan fingerprint density at radius 2 is 0.176 bits per heavy atom. The summed E-state index contributed by atoms with van der Waals surface area (Å²) in [5.74, 6) is 0. The lowest BCUT2D eigenvalue weighted by Gasteiger charge is -2.27. The predicted octanol–water partition coefficient (Wildman–Crippen LogP) is 28.7. The van der Waals surface area contributed by atoms with E-state index < -0.39 is 0 Å². The van der Waals surface area contributed by atoms with Gasteiger partial charge in [-0.05, 0) is 197 Å². The first-order chi connectivity index (χ1) is 50.8. The molecule has 0 saturated carbocycles. The smallest absolute Gasteiger partial charge is 0.000740 e. The average Bonchev–Trinajstić information content (AvgIpc) is 0.689. The van der Waals surface area contributed by atoms with Gasteiger partial charge >= 0.3 is 0 Å². The van der Waals surface area contributed by atoms with E-state index in [0.29, 0.717) is 0 Å². The summed E-state index contributed by atoms with van der Waals surface area (Å²) in [7, 11) is 0. The zero-order valence-electron chi connectivity index (χ0n) is 56.1. The molecule has 0 saturated heterocycles. The van der Waals surface area contributed by atoms with Crippen LogP contribution in [-0.4, -0.2) is 0 Å². The van der Waals surface area contributed by atoms with Crippen molar-refractivity contribution in [3.8, 4) is 111 Å². The van der Waals surface area contributed by atoms with Crippen molar-refractivity contribution in [2.24, 2.45) is 0 Å². The lowest BCUT2D eigenvalue weighted by atomic mass is 9.75. The van der Waals surface area contributed by atoms with Crippen LogP contribution in [-0.2, 0) is 0 Å². The molecule has 0 heteroatoms. The minimum Gasteiger partial charge on any atom is -0.0622 e. The molecule has 0 amide bonds. The maximum atomic E-state index is 2.44. The first-order valence-corrected chi connectivity index (χ1v) is 35.4. The summed E-state index contributed by atoms with van der Waals surface area (Å²) in [6, 6.07) is 150. The van der Waals surface area contributed by atoms with Gasteiger partial charge in [-0.3, -0.25) is 0 Å². The van der Waals surface area contributed by atoms with E-state index in [1.807, 2.05) is 0 Å². The lowest BCUT2D eigenvalue weighted by Crippen LogP contribution is -2.00. The Morgan fingerprint density at radius 3 is 0.314 bits per heavy atom. The molecule has 0 radical (unpaired) electrons. The molecule has 0 spiro atoms. The molecule has 19 aromatic rings. The van der Waals surface area contributed by atoms with Gasteiger partial charge in [0.15, 0.2) is 0 Å². The van der Waals surface area contributed by atoms with Crippen molar-refractivity contribution in [2.75, 3.05) is 0 Å². The van der Waals surface area contributed by atoms with Gasteiger partial charge in [0.25, 0.3) is 0 Å². The molecular formula is C102H66. The third-order valence-corrected chi connectivity index (χ3v) is 21.0. The van der Waals surface area contributed by atoms with Gasteiger partial charge in [0.2, 0.25) is 0 Å². The van der Waals surface area contributed by atoms with Crippen LogP contribution < -0.4 is 0 Å². The van der Waals surface area contributed by atoms with Crippen molar-refractivity contribution in [3.63, 3.8) is 0 Å². The van der Waals surface area contributed by atoms with Crippen molar-refractivity contribution in [2.45, 2.75) is 0 Å². The van der Waals surface area contributed by atoms with E-state index in [1.165, 1.54) is 98.7 Å². The van der Waals surface area contributed by atoms with Crippen LogP contribution in [0.2, 0.25) is 0 Å². The summed E-state index contributed by atoms with van der Waals surface area (Å²) in [6.45, 7) is 0. The minimum atomic E-state index is 1.13. The SMILES string of the molecule is c1ccc(-c2c(-c3ccccc3)c(-c3ccccc3)c3c4ccccc4c4c(-c5ccccc5)c5c6ccccc6c6c(-c7ccccc7)c(-c7ccccc7)c(-c7ccccc7)c(-c7ccccc7)c6c6ccccc6c5c(-c5ccccc5)c4c4ccccc4c3c2-c2ccccc2)cc1. The molecular weight excluding hydrogens is 1230 g/mol. The third kappa shape index (κ3) is 9.83. The van der Waals surface area contributed by atoms with Gasteiger partial charge in [-0.25, -0.2) is 0 Å². The molecule has 0 aliphatic heterocycles. The fourth-order valence-corrected chi connectivity index (χ4v) is 17.0. The largest absolute Gasteiger partial charge is 0.0622 e. The molecule has 19 aromatic carbocycles. The van der Waals surface area contributed by atoms with E-state index >= 15 is 0 Å². The number of fused-ring (bicyclic) bond motifs is 16. The highest BCUT2D eigenvalue weighted by molar-refractivity contribution is 6.45. The van der Waals surface area contributed by atoms with E-state index in [0.717, 1.165) is 98.7 Å². The Hall–Kier alpha value is -13.3. The summed E-state index contributed by atoms with van der Waals surface area (Å²) in [5.41, 5.74) is 23.2. The van der Waals surface area contributed by atoms with Gasteiger partial charge < -0.3 is 0 Å². The molecule has 0 nitrogen and oxygen atoms in total. The molecule has 19 rings (SSSR count). The maximum Gasteiger partial charge on any atom is -0.000740 e. The Bertz CT molecular complexity index is 5740. The fourth-order valence-electron chi connectivity index (χ4n) is 17.0. The van der Waals surface area contributed by atoms with Crippen LogP contribution in [0.15, 0.2) is 400 Å². The van der Waals surface area contributed by atoms with Gasteiger partial charge in [0, 0.05) is 0 Å². The van der Waals surface area contributed by atoms with Gasteiger partial charge in [-0.1, -0.05) is 400 Å². The number of rotatable bonds is 10.